The Kier molecular flexibility index (Phi) is 2.24. The molecule has 1 aromatic rings. The van der Waals surface area contributed by atoms with Gasteiger partial charge in [0.15, 0.2) is 5.69 Å². The predicted octanol–water partition coefficient (Wildman–Crippen LogP) is 1.70. The van der Waals surface area contributed by atoms with E-state index in [1.807, 2.05) is 0 Å². The number of likely N-dealkylation sites (tertiary alicyclic amines) is 1. The Morgan fingerprint density at radius 2 is 2.06 bits per heavy atom. The van der Waals surface area contributed by atoms with Crippen LogP contribution in [0.1, 0.15) is 24.6 Å². The van der Waals surface area contributed by atoms with Gasteiger partial charge >= 0.3 is 6.18 Å². The molecule has 1 aliphatic carbocycles. The van der Waals surface area contributed by atoms with Gasteiger partial charge in [0.1, 0.15) is 0 Å². The van der Waals surface area contributed by atoms with Crippen LogP contribution >= 0.6 is 0 Å². The van der Waals surface area contributed by atoms with Crippen LogP contribution in [0.15, 0.2) is 12.5 Å². The van der Waals surface area contributed by atoms with Crippen LogP contribution in [0.3, 0.4) is 0 Å². The van der Waals surface area contributed by atoms with Crippen molar-refractivity contribution in [3.05, 3.63) is 18.2 Å². The Morgan fingerprint density at radius 1 is 1.39 bits per heavy atom. The summed E-state index contributed by atoms with van der Waals surface area (Å²) in [4.78, 5) is 15.5. The first-order valence-electron chi connectivity index (χ1n) is 5.72. The van der Waals surface area contributed by atoms with Gasteiger partial charge in [0.2, 0.25) is 6.41 Å². The van der Waals surface area contributed by atoms with E-state index in [0.717, 1.165) is 38.5 Å². The van der Waals surface area contributed by atoms with Gasteiger partial charge in [-0.05, 0) is 12.8 Å². The van der Waals surface area contributed by atoms with E-state index in [0.29, 0.717) is 0 Å². The quantitative estimate of drug-likeness (QED) is 0.758. The maximum Gasteiger partial charge on any atom is 0.434 e. The van der Waals surface area contributed by atoms with Crippen molar-refractivity contribution in [1.29, 1.82) is 0 Å². The number of imidazole rings is 1. The van der Waals surface area contributed by atoms with Crippen LogP contribution in [-0.4, -0.2) is 34.0 Å². The number of hydrogen-bond donors (Lipinski definition) is 0. The summed E-state index contributed by atoms with van der Waals surface area (Å²) in [5.41, 5.74) is -0.694. The van der Waals surface area contributed by atoms with Gasteiger partial charge in [0.05, 0.1) is 6.33 Å². The van der Waals surface area contributed by atoms with E-state index >= 15 is 0 Å². The molecule has 0 aromatic carbocycles. The summed E-state index contributed by atoms with van der Waals surface area (Å²) in [6.07, 6.45) is 0.398. The lowest BCUT2D eigenvalue weighted by Crippen LogP contribution is -2.61. The van der Waals surface area contributed by atoms with E-state index in [-0.39, 0.29) is 11.5 Å². The van der Waals surface area contributed by atoms with Crippen LogP contribution in [0.2, 0.25) is 0 Å². The highest BCUT2D eigenvalue weighted by Gasteiger charge is 2.52. The first kappa shape index (κ1) is 11.6. The molecule has 3 rings (SSSR count). The van der Waals surface area contributed by atoms with Crippen LogP contribution in [0.4, 0.5) is 13.2 Å². The zero-order chi connectivity index (χ0) is 13.0. The Morgan fingerprint density at radius 3 is 2.56 bits per heavy atom. The fourth-order valence-electron chi connectivity index (χ4n) is 2.98. The monoisotopic (exact) mass is 259 g/mol. The molecule has 2 aliphatic rings. The molecule has 0 unspecified atom stereocenters. The lowest BCUT2D eigenvalue weighted by Gasteiger charge is -2.58. The first-order chi connectivity index (χ1) is 8.42. The van der Waals surface area contributed by atoms with Crippen LogP contribution in [0, 0.1) is 5.41 Å². The van der Waals surface area contributed by atoms with E-state index in [1.54, 1.807) is 4.90 Å². The molecule has 4 nitrogen and oxygen atoms in total. The smallest absolute Gasteiger partial charge is 0.344 e. The van der Waals surface area contributed by atoms with Gasteiger partial charge in [-0.15, -0.1) is 0 Å². The number of hydrogen-bond acceptors (Lipinski definition) is 2. The summed E-state index contributed by atoms with van der Waals surface area (Å²) in [6.45, 7) is 1.46. The normalized spacial score (nSPS) is 22.7. The number of alkyl halides is 3. The molecule has 1 spiro atoms. The van der Waals surface area contributed by atoms with Gasteiger partial charge in [-0.3, -0.25) is 4.79 Å². The van der Waals surface area contributed by atoms with Crippen molar-refractivity contribution >= 4 is 6.41 Å². The molecular formula is C11H12F3N3O. The average Bonchev–Trinajstić information content (AvgIpc) is 2.62. The van der Waals surface area contributed by atoms with Gasteiger partial charge in [0, 0.05) is 30.7 Å². The van der Waals surface area contributed by atoms with Crippen LogP contribution < -0.4 is 0 Å². The highest BCUT2D eigenvalue weighted by molar-refractivity contribution is 5.49. The number of amides is 1. The summed E-state index contributed by atoms with van der Waals surface area (Å²) >= 11 is 0. The number of carbonyl (C=O) groups is 1. The lowest BCUT2D eigenvalue weighted by atomic mass is 9.61. The van der Waals surface area contributed by atoms with Gasteiger partial charge in [-0.25, -0.2) is 4.98 Å². The summed E-state index contributed by atoms with van der Waals surface area (Å²) in [7, 11) is 0. The second-order valence-corrected chi connectivity index (χ2v) is 5.28. The van der Waals surface area contributed by atoms with E-state index in [9.17, 15) is 18.0 Å². The van der Waals surface area contributed by atoms with Crippen molar-refractivity contribution < 1.29 is 18.0 Å². The third-order valence-corrected chi connectivity index (χ3v) is 3.88. The first-order valence-corrected chi connectivity index (χ1v) is 5.72. The third-order valence-electron chi connectivity index (χ3n) is 3.88. The summed E-state index contributed by atoms with van der Waals surface area (Å²) in [5.74, 6) is 0. The van der Waals surface area contributed by atoms with E-state index in [4.69, 9.17) is 0 Å². The predicted molar refractivity (Wildman–Crippen MR) is 55.6 cm³/mol. The molecule has 1 saturated carbocycles. The fourth-order valence-corrected chi connectivity index (χ4v) is 2.98. The van der Waals surface area contributed by atoms with Crippen molar-refractivity contribution in [2.75, 3.05) is 13.1 Å². The van der Waals surface area contributed by atoms with E-state index in [1.165, 1.54) is 10.9 Å². The minimum Gasteiger partial charge on any atom is -0.344 e. The second-order valence-electron chi connectivity index (χ2n) is 5.28. The van der Waals surface area contributed by atoms with Crippen LogP contribution in [0.5, 0.6) is 0 Å². The van der Waals surface area contributed by atoms with Crippen molar-refractivity contribution in [2.24, 2.45) is 5.41 Å². The minimum atomic E-state index is -4.38. The molecule has 1 aliphatic heterocycles. The number of rotatable bonds is 2. The molecule has 0 atom stereocenters. The zero-order valence-corrected chi connectivity index (χ0v) is 9.52. The molecule has 1 amide bonds. The highest BCUT2D eigenvalue weighted by atomic mass is 19.4. The van der Waals surface area contributed by atoms with Gasteiger partial charge in [0.25, 0.3) is 0 Å². The van der Waals surface area contributed by atoms with Crippen molar-refractivity contribution in [2.45, 2.75) is 25.1 Å². The van der Waals surface area contributed by atoms with Crippen molar-refractivity contribution in [3.8, 4) is 0 Å². The molecule has 18 heavy (non-hydrogen) atoms. The molecule has 0 radical (unpaired) electrons. The van der Waals surface area contributed by atoms with E-state index < -0.39 is 11.9 Å². The topological polar surface area (TPSA) is 38.1 Å². The summed E-state index contributed by atoms with van der Waals surface area (Å²) in [5, 5.41) is 0. The third kappa shape index (κ3) is 1.69. The van der Waals surface area contributed by atoms with Crippen LogP contribution in [0.25, 0.3) is 0 Å². The average molecular weight is 259 g/mol. The van der Waals surface area contributed by atoms with Gasteiger partial charge < -0.3 is 9.47 Å². The molecule has 1 aromatic heterocycles. The highest BCUT2D eigenvalue weighted by Crippen LogP contribution is 2.53. The SMILES string of the molecule is O=CN1CC2(CC(n3cnc(C(F)(F)F)c3)C2)C1. The van der Waals surface area contributed by atoms with Gasteiger partial charge in [-0.2, -0.15) is 13.2 Å². The van der Waals surface area contributed by atoms with Crippen molar-refractivity contribution in [1.82, 2.24) is 14.5 Å². The van der Waals surface area contributed by atoms with E-state index in [2.05, 4.69) is 4.98 Å². The largest absolute Gasteiger partial charge is 0.434 e. The van der Waals surface area contributed by atoms with Crippen LogP contribution in [-0.2, 0) is 11.0 Å². The minimum absolute atomic E-state index is 0.0856. The molecule has 7 heteroatoms. The van der Waals surface area contributed by atoms with Crippen molar-refractivity contribution in [3.63, 3.8) is 0 Å². The summed E-state index contributed by atoms with van der Waals surface area (Å²) in [6, 6.07) is 0.0856. The summed E-state index contributed by atoms with van der Waals surface area (Å²) < 4.78 is 38.7. The zero-order valence-electron chi connectivity index (χ0n) is 9.52. The Labute approximate surface area is 101 Å². The number of carbonyl (C=O) groups excluding carboxylic acids is 1. The van der Waals surface area contributed by atoms with Gasteiger partial charge in [-0.1, -0.05) is 0 Å². The molecule has 0 N–H and O–H groups in total. The standard InChI is InChI=1S/C11H12F3N3O/c12-11(13,14)9-3-17(6-15-9)8-1-10(2-8)4-16(5-10)7-18/h3,6-8H,1-2,4-5H2. The number of nitrogens with zero attached hydrogens (tertiary/aromatic N) is 3. The molecule has 2 heterocycles. The molecule has 1 saturated heterocycles. The Balaban J connectivity index is 1.62. The number of halogens is 3. The maximum absolute atomic E-state index is 12.4. The molecular weight excluding hydrogens is 247 g/mol. The molecule has 0 bridgehead atoms. The Hall–Kier alpha value is -1.53. The maximum atomic E-state index is 12.4. The fraction of sp³-hybridized carbons (Fsp3) is 0.636. The Bertz CT molecular complexity index is 468. The molecule has 2 fully saturated rings. The second kappa shape index (κ2) is 3.49. The number of aromatic nitrogens is 2. The lowest BCUT2D eigenvalue weighted by molar-refractivity contribution is -0.142. The molecule has 98 valence electrons.